The van der Waals surface area contributed by atoms with Crippen molar-refractivity contribution in [1.82, 2.24) is 4.98 Å². The minimum absolute atomic E-state index is 0.460. The van der Waals surface area contributed by atoms with E-state index in [-0.39, 0.29) is 0 Å². The Kier molecular flexibility index (Phi) is 3.29. The highest BCUT2D eigenvalue weighted by Crippen LogP contribution is 2.08. The molecule has 1 aromatic heterocycles. The Bertz CT molecular complexity index is 243. The zero-order valence-corrected chi connectivity index (χ0v) is 6.86. The SMILES string of the molecule is C=CCOc1ccc(CN)nc1. The highest BCUT2D eigenvalue weighted by Gasteiger charge is 1.92. The molecule has 0 saturated heterocycles. The molecule has 0 amide bonds. The van der Waals surface area contributed by atoms with E-state index in [0.717, 1.165) is 11.4 Å². The maximum atomic E-state index is 5.38. The van der Waals surface area contributed by atoms with Gasteiger partial charge in [-0.3, -0.25) is 4.98 Å². The summed E-state index contributed by atoms with van der Waals surface area (Å²) >= 11 is 0. The van der Waals surface area contributed by atoms with Gasteiger partial charge in [-0.05, 0) is 12.1 Å². The fraction of sp³-hybridized carbons (Fsp3) is 0.222. The van der Waals surface area contributed by atoms with Gasteiger partial charge in [-0.2, -0.15) is 0 Å². The van der Waals surface area contributed by atoms with E-state index in [2.05, 4.69) is 11.6 Å². The van der Waals surface area contributed by atoms with E-state index in [1.165, 1.54) is 0 Å². The van der Waals surface area contributed by atoms with Crippen molar-refractivity contribution in [2.24, 2.45) is 5.73 Å². The molecule has 0 aliphatic rings. The Morgan fingerprint density at radius 1 is 1.58 bits per heavy atom. The molecule has 3 nitrogen and oxygen atoms in total. The molecule has 0 bridgehead atoms. The zero-order chi connectivity index (χ0) is 8.81. The van der Waals surface area contributed by atoms with Crippen molar-refractivity contribution in [3.8, 4) is 5.75 Å². The van der Waals surface area contributed by atoms with E-state index < -0.39 is 0 Å². The van der Waals surface area contributed by atoms with Gasteiger partial charge < -0.3 is 10.5 Å². The van der Waals surface area contributed by atoms with Crippen LogP contribution in [-0.4, -0.2) is 11.6 Å². The van der Waals surface area contributed by atoms with Gasteiger partial charge in [0.1, 0.15) is 12.4 Å². The number of pyridine rings is 1. The maximum absolute atomic E-state index is 5.38. The molecule has 1 rings (SSSR count). The summed E-state index contributed by atoms with van der Waals surface area (Å²) < 4.78 is 5.23. The third kappa shape index (κ3) is 2.36. The van der Waals surface area contributed by atoms with Gasteiger partial charge in [0, 0.05) is 6.54 Å². The van der Waals surface area contributed by atoms with Crippen molar-refractivity contribution < 1.29 is 4.74 Å². The first-order valence-electron chi connectivity index (χ1n) is 3.75. The lowest BCUT2D eigenvalue weighted by molar-refractivity contribution is 0.361. The van der Waals surface area contributed by atoms with E-state index in [1.807, 2.05) is 12.1 Å². The van der Waals surface area contributed by atoms with Gasteiger partial charge in [0.25, 0.3) is 0 Å². The third-order valence-corrected chi connectivity index (χ3v) is 1.37. The molecular weight excluding hydrogens is 152 g/mol. The molecule has 0 spiro atoms. The molecule has 12 heavy (non-hydrogen) atoms. The Morgan fingerprint density at radius 3 is 2.92 bits per heavy atom. The normalized spacial score (nSPS) is 9.42. The van der Waals surface area contributed by atoms with Crippen LogP contribution in [-0.2, 0) is 6.54 Å². The van der Waals surface area contributed by atoms with Gasteiger partial charge in [0.05, 0.1) is 11.9 Å². The number of nitrogens with two attached hydrogens (primary N) is 1. The smallest absolute Gasteiger partial charge is 0.138 e. The van der Waals surface area contributed by atoms with Gasteiger partial charge >= 0.3 is 0 Å². The number of aromatic nitrogens is 1. The van der Waals surface area contributed by atoms with Crippen molar-refractivity contribution in [1.29, 1.82) is 0 Å². The third-order valence-electron chi connectivity index (χ3n) is 1.37. The summed E-state index contributed by atoms with van der Waals surface area (Å²) in [6.07, 6.45) is 3.35. The molecule has 0 atom stereocenters. The highest BCUT2D eigenvalue weighted by molar-refractivity contribution is 5.19. The van der Waals surface area contributed by atoms with E-state index >= 15 is 0 Å². The van der Waals surface area contributed by atoms with Crippen LogP contribution in [0.4, 0.5) is 0 Å². The largest absolute Gasteiger partial charge is 0.488 e. The second-order valence-corrected chi connectivity index (χ2v) is 2.29. The molecule has 0 aromatic carbocycles. The standard InChI is InChI=1S/C9H12N2O/c1-2-5-12-9-4-3-8(6-10)11-7-9/h2-4,7H,1,5-6,10H2. The van der Waals surface area contributed by atoms with Crippen molar-refractivity contribution in [2.45, 2.75) is 6.54 Å². The van der Waals surface area contributed by atoms with Gasteiger partial charge in [0.2, 0.25) is 0 Å². The van der Waals surface area contributed by atoms with Crippen LogP contribution in [0.25, 0.3) is 0 Å². The molecular formula is C9H12N2O. The first-order chi connectivity index (χ1) is 5.86. The topological polar surface area (TPSA) is 48.1 Å². The molecule has 64 valence electrons. The number of ether oxygens (including phenoxy) is 1. The number of nitrogens with zero attached hydrogens (tertiary/aromatic N) is 1. The Hall–Kier alpha value is -1.35. The number of hydrogen-bond donors (Lipinski definition) is 1. The monoisotopic (exact) mass is 164 g/mol. The molecule has 0 unspecified atom stereocenters. The van der Waals surface area contributed by atoms with Gasteiger partial charge in [-0.25, -0.2) is 0 Å². The summed E-state index contributed by atoms with van der Waals surface area (Å²) in [5.74, 6) is 0.743. The molecule has 2 N–H and O–H groups in total. The van der Waals surface area contributed by atoms with Crippen molar-refractivity contribution in [3.05, 3.63) is 36.7 Å². The Balaban J connectivity index is 2.58. The summed E-state index contributed by atoms with van der Waals surface area (Å²) in [5, 5.41) is 0. The average Bonchev–Trinajstić information content (AvgIpc) is 2.15. The van der Waals surface area contributed by atoms with Crippen LogP contribution >= 0.6 is 0 Å². The van der Waals surface area contributed by atoms with Crippen molar-refractivity contribution in [3.63, 3.8) is 0 Å². The lowest BCUT2D eigenvalue weighted by Gasteiger charge is -2.02. The number of rotatable bonds is 4. The van der Waals surface area contributed by atoms with Crippen LogP contribution in [0.15, 0.2) is 31.0 Å². The fourth-order valence-corrected chi connectivity index (χ4v) is 0.772. The quantitative estimate of drug-likeness (QED) is 0.678. The molecule has 3 heteroatoms. The van der Waals surface area contributed by atoms with Gasteiger partial charge in [-0.1, -0.05) is 12.7 Å². The van der Waals surface area contributed by atoms with Gasteiger partial charge in [-0.15, -0.1) is 0 Å². The molecule has 1 aromatic rings. The van der Waals surface area contributed by atoms with Crippen LogP contribution < -0.4 is 10.5 Å². The Labute approximate surface area is 71.9 Å². The second kappa shape index (κ2) is 4.51. The molecule has 0 aliphatic carbocycles. The summed E-state index contributed by atoms with van der Waals surface area (Å²) in [6.45, 7) is 4.51. The summed E-state index contributed by atoms with van der Waals surface area (Å²) in [4.78, 5) is 4.07. The zero-order valence-electron chi connectivity index (χ0n) is 6.86. The first kappa shape index (κ1) is 8.74. The molecule has 0 aliphatic heterocycles. The first-order valence-corrected chi connectivity index (χ1v) is 3.75. The summed E-state index contributed by atoms with van der Waals surface area (Å²) in [5.41, 5.74) is 6.24. The van der Waals surface area contributed by atoms with E-state index in [4.69, 9.17) is 10.5 Å². The summed E-state index contributed by atoms with van der Waals surface area (Å²) in [7, 11) is 0. The lowest BCUT2D eigenvalue weighted by atomic mass is 10.3. The van der Waals surface area contributed by atoms with Crippen LogP contribution in [0.2, 0.25) is 0 Å². The van der Waals surface area contributed by atoms with Crippen LogP contribution in [0.5, 0.6) is 5.75 Å². The summed E-state index contributed by atoms with van der Waals surface area (Å²) in [6, 6.07) is 3.69. The Morgan fingerprint density at radius 2 is 2.42 bits per heavy atom. The van der Waals surface area contributed by atoms with Crippen molar-refractivity contribution in [2.75, 3.05) is 6.61 Å². The minimum atomic E-state index is 0.460. The highest BCUT2D eigenvalue weighted by atomic mass is 16.5. The van der Waals surface area contributed by atoms with E-state index in [1.54, 1.807) is 12.3 Å². The van der Waals surface area contributed by atoms with Crippen LogP contribution in [0.1, 0.15) is 5.69 Å². The van der Waals surface area contributed by atoms with Crippen LogP contribution in [0, 0.1) is 0 Å². The molecule has 0 fully saturated rings. The van der Waals surface area contributed by atoms with Crippen LogP contribution in [0.3, 0.4) is 0 Å². The minimum Gasteiger partial charge on any atom is -0.488 e. The van der Waals surface area contributed by atoms with Crippen molar-refractivity contribution >= 4 is 0 Å². The number of hydrogen-bond acceptors (Lipinski definition) is 3. The molecule has 0 radical (unpaired) electrons. The predicted octanol–water partition coefficient (Wildman–Crippen LogP) is 1.11. The lowest BCUT2D eigenvalue weighted by Crippen LogP contribution is -2.00. The average molecular weight is 164 g/mol. The molecule has 0 saturated carbocycles. The molecule has 1 heterocycles. The second-order valence-electron chi connectivity index (χ2n) is 2.29. The maximum Gasteiger partial charge on any atom is 0.138 e. The van der Waals surface area contributed by atoms with E-state index in [9.17, 15) is 0 Å². The van der Waals surface area contributed by atoms with Gasteiger partial charge in [0.15, 0.2) is 0 Å². The fourth-order valence-electron chi connectivity index (χ4n) is 0.772. The van der Waals surface area contributed by atoms with E-state index in [0.29, 0.717) is 13.2 Å². The predicted molar refractivity (Wildman–Crippen MR) is 47.8 cm³/mol.